The summed E-state index contributed by atoms with van der Waals surface area (Å²) < 4.78 is 5.28. The van der Waals surface area contributed by atoms with Gasteiger partial charge in [0.05, 0.1) is 6.21 Å². The largest absolute Gasteiger partial charge is 0.458 e. The molecule has 0 bridgehead atoms. The molecule has 2 aromatic rings. The molecule has 37 heavy (non-hydrogen) atoms. The summed E-state index contributed by atoms with van der Waals surface area (Å²) in [6.07, 6.45) is 2.26. The van der Waals surface area contributed by atoms with E-state index in [1.165, 1.54) is 13.8 Å². The third kappa shape index (κ3) is 9.17. The van der Waals surface area contributed by atoms with E-state index in [9.17, 15) is 24.0 Å². The molecule has 0 unspecified atom stereocenters. The van der Waals surface area contributed by atoms with Crippen molar-refractivity contribution in [3.05, 3.63) is 36.0 Å². The Bertz CT molecular complexity index is 1170. The molecule has 0 fully saturated rings. The number of carbonyl (C=O) groups is 5. The average Bonchev–Trinajstić information content (AvgIpc) is 3.22. The average molecular weight is 514 g/mol. The van der Waals surface area contributed by atoms with E-state index >= 15 is 0 Å². The van der Waals surface area contributed by atoms with Gasteiger partial charge in [0.25, 0.3) is 0 Å². The van der Waals surface area contributed by atoms with E-state index in [1.807, 2.05) is 24.3 Å². The van der Waals surface area contributed by atoms with Crippen molar-refractivity contribution in [2.24, 2.45) is 0 Å². The standard InChI is InChI=1S/C26H35N5O6/c1-15(25(36)37-26(3,4)5)29-23(34)21(11-10-18(33)13-27)31-24(35)22(30-16(2)32)12-17-14-28-20-9-7-6-8-19(17)20/h6-9,13-15,21-22,27-28H,10-12H2,1-5H3,(H,29,34)(H,30,32)(H,31,35)/t15-,21-,22-/m0/s1. The quantitative estimate of drug-likeness (QED) is 0.213. The van der Waals surface area contributed by atoms with Crippen LogP contribution in [0.5, 0.6) is 0 Å². The Morgan fingerprint density at radius 1 is 1.03 bits per heavy atom. The summed E-state index contributed by atoms with van der Waals surface area (Å²) in [7, 11) is 0. The number of amides is 3. The fourth-order valence-corrected chi connectivity index (χ4v) is 3.64. The summed E-state index contributed by atoms with van der Waals surface area (Å²) in [6.45, 7) is 7.82. The van der Waals surface area contributed by atoms with Crippen LogP contribution in [0.15, 0.2) is 30.5 Å². The highest BCUT2D eigenvalue weighted by Gasteiger charge is 2.30. The van der Waals surface area contributed by atoms with Gasteiger partial charge in [-0.25, -0.2) is 4.79 Å². The number of para-hydroxylation sites is 1. The van der Waals surface area contributed by atoms with Crippen LogP contribution in [0.2, 0.25) is 0 Å². The number of hydrogen-bond donors (Lipinski definition) is 5. The number of nitrogens with one attached hydrogen (secondary N) is 5. The molecule has 1 aromatic heterocycles. The Morgan fingerprint density at radius 3 is 2.30 bits per heavy atom. The molecule has 200 valence electrons. The Morgan fingerprint density at radius 2 is 1.68 bits per heavy atom. The van der Waals surface area contributed by atoms with Gasteiger partial charge in [-0.1, -0.05) is 18.2 Å². The first-order chi connectivity index (χ1) is 17.3. The number of aromatic amines is 1. The number of fused-ring (bicyclic) bond motifs is 1. The van der Waals surface area contributed by atoms with E-state index in [1.54, 1.807) is 27.0 Å². The second-order valence-corrected chi connectivity index (χ2v) is 9.79. The van der Waals surface area contributed by atoms with Crippen molar-refractivity contribution >= 4 is 46.6 Å². The summed E-state index contributed by atoms with van der Waals surface area (Å²) in [5, 5.41) is 15.7. The summed E-state index contributed by atoms with van der Waals surface area (Å²) in [5.41, 5.74) is 0.912. The van der Waals surface area contributed by atoms with Crippen LogP contribution in [0.1, 0.15) is 53.0 Å². The second kappa shape index (κ2) is 12.8. The first-order valence-corrected chi connectivity index (χ1v) is 12.0. The Labute approximate surface area is 215 Å². The highest BCUT2D eigenvalue weighted by Crippen LogP contribution is 2.19. The molecular formula is C26H35N5O6. The van der Waals surface area contributed by atoms with Crippen LogP contribution in [0.3, 0.4) is 0 Å². The first kappa shape index (κ1) is 29.2. The van der Waals surface area contributed by atoms with E-state index in [0.717, 1.165) is 16.5 Å². The van der Waals surface area contributed by atoms with Crippen molar-refractivity contribution in [1.29, 1.82) is 5.41 Å². The van der Waals surface area contributed by atoms with Crippen LogP contribution < -0.4 is 16.0 Å². The lowest BCUT2D eigenvalue weighted by atomic mass is 10.0. The lowest BCUT2D eigenvalue weighted by Gasteiger charge is -2.25. The topological polar surface area (TPSA) is 170 Å². The highest BCUT2D eigenvalue weighted by atomic mass is 16.6. The molecule has 0 saturated carbocycles. The van der Waals surface area contributed by atoms with E-state index in [-0.39, 0.29) is 19.3 Å². The van der Waals surface area contributed by atoms with Gasteiger partial charge in [0.15, 0.2) is 5.78 Å². The zero-order valence-corrected chi connectivity index (χ0v) is 21.8. The Hall–Kier alpha value is -4.02. The van der Waals surface area contributed by atoms with Crippen molar-refractivity contribution in [3.8, 4) is 0 Å². The molecule has 0 spiro atoms. The molecular weight excluding hydrogens is 478 g/mol. The monoisotopic (exact) mass is 513 g/mol. The summed E-state index contributed by atoms with van der Waals surface area (Å²) in [6, 6.07) is 4.30. The van der Waals surface area contributed by atoms with Gasteiger partial charge in [0, 0.05) is 36.9 Å². The molecule has 11 heteroatoms. The van der Waals surface area contributed by atoms with Crippen LogP contribution in [-0.2, 0) is 35.1 Å². The number of aromatic nitrogens is 1. The fourth-order valence-electron chi connectivity index (χ4n) is 3.64. The zero-order valence-electron chi connectivity index (χ0n) is 21.8. The zero-order chi connectivity index (χ0) is 27.8. The summed E-state index contributed by atoms with van der Waals surface area (Å²) in [5.74, 6) is -2.94. The molecule has 3 atom stereocenters. The number of benzene rings is 1. The molecule has 1 heterocycles. The van der Waals surface area contributed by atoms with E-state index < -0.39 is 53.2 Å². The SMILES string of the molecule is CC(=O)N[C@@H](Cc1c[nH]c2ccccc12)C(=O)N[C@@H](CCC(=O)C=N)C(=O)N[C@@H](C)C(=O)OC(C)(C)C. The Kier molecular flexibility index (Phi) is 10.1. The van der Waals surface area contributed by atoms with Gasteiger partial charge in [-0.2, -0.15) is 0 Å². The number of esters is 1. The van der Waals surface area contributed by atoms with Gasteiger partial charge in [0.1, 0.15) is 23.7 Å². The molecule has 0 aliphatic carbocycles. The molecule has 2 rings (SSSR count). The minimum Gasteiger partial charge on any atom is -0.458 e. The highest BCUT2D eigenvalue weighted by molar-refractivity contribution is 6.26. The van der Waals surface area contributed by atoms with Crippen molar-refractivity contribution in [1.82, 2.24) is 20.9 Å². The number of hydrogen-bond acceptors (Lipinski definition) is 7. The van der Waals surface area contributed by atoms with Gasteiger partial charge < -0.3 is 31.1 Å². The third-order valence-corrected chi connectivity index (χ3v) is 5.39. The van der Waals surface area contributed by atoms with Crippen LogP contribution in [0, 0.1) is 5.41 Å². The second-order valence-electron chi connectivity index (χ2n) is 9.79. The van der Waals surface area contributed by atoms with Gasteiger partial charge in [0.2, 0.25) is 17.7 Å². The van der Waals surface area contributed by atoms with E-state index in [2.05, 4.69) is 20.9 Å². The summed E-state index contributed by atoms with van der Waals surface area (Å²) >= 11 is 0. The van der Waals surface area contributed by atoms with Crippen LogP contribution in [-0.4, -0.2) is 64.4 Å². The van der Waals surface area contributed by atoms with Crippen LogP contribution in [0.4, 0.5) is 0 Å². The molecule has 1 aromatic carbocycles. The number of ether oxygens (including phenoxy) is 1. The maximum Gasteiger partial charge on any atom is 0.328 e. The van der Waals surface area contributed by atoms with Crippen molar-refractivity contribution in [2.45, 2.75) is 77.6 Å². The predicted octanol–water partition coefficient (Wildman–Crippen LogP) is 1.55. The lowest BCUT2D eigenvalue weighted by molar-refractivity contribution is -0.158. The molecule has 0 aliphatic rings. The number of carbonyl (C=O) groups excluding carboxylic acids is 5. The molecule has 11 nitrogen and oxygen atoms in total. The van der Waals surface area contributed by atoms with Gasteiger partial charge >= 0.3 is 5.97 Å². The number of ketones is 1. The van der Waals surface area contributed by atoms with Gasteiger partial charge in [-0.3, -0.25) is 19.2 Å². The maximum absolute atomic E-state index is 13.2. The normalized spacial score (nSPS) is 13.6. The van der Waals surface area contributed by atoms with Crippen LogP contribution in [0.25, 0.3) is 10.9 Å². The molecule has 5 N–H and O–H groups in total. The molecule has 0 saturated heterocycles. The van der Waals surface area contributed by atoms with Gasteiger partial charge in [-0.15, -0.1) is 0 Å². The first-order valence-electron chi connectivity index (χ1n) is 12.0. The van der Waals surface area contributed by atoms with E-state index in [0.29, 0.717) is 6.21 Å². The van der Waals surface area contributed by atoms with Crippen molar-refractivity contribution < 1.29 is 28.7 Å². The molecule has 0 aliphatic heterocycles. The smallest absolute Gasteiger partial charge is 0.328 e. The fraction of sp³-hybridized carbons (Fsp3) is 0.462. The number of rotatable bonds is 12. The van der Waals surface area contributed by atoms with E-state index in [4.69, 9.17) is 10.1 Å². The lowest BCUT2D eigenvalue weighted by Crippen LogP contribution is -2.56. The maximum atomic E-state index is 13.2. The van der Waals surface area contributed by atoms with Gasteiger partial charge in [-0.05, 0) is 45.7 Å². The molecule has 3 amide bonds. The Balaban J connectivity index is 2.20. The van der Waals surface area contributed by atoms with Crippen molar-refractivity contribution in [3.63, 3.8) is 0 Å². The van der Waals surface area contributed by atoms with Crippen LogP contribution >= 0.6 is 0 Å². The summed E-state index contributed by atoms with van der Waals surface area (Å²) in [4.78, 5) is 65.2. The minimum atomic E-state index is -1.19. The third-order valence-electron chi connectivity index (χ3n) is 5.39. The predicted molar refractivity (Wildman–Crippen MR) is 138 cm³/mol. The number of H-pyrrole nitrogens is 1. The number of Topliss-reactive ketones (excluding diaryl/α,β-unsaturated/α-hetero) is 1. The minimum absolute atomic E-state index is 0.104. The van der Waals surface area contributed by atoms with Crippen molar-refractivity contribution in [2.75, 3.05) is 0 Å². The molecule has 0 radical (unpaired) electrons.